The Bertz CT molecular complexity index is 750. The number of nitrogens with zero attached hydrogens (tertiary/aromatic N) is 1. The van der Waals surface area contributed by atoms with Crippen LogP contribution in [0.2, 0.25) is 5.02 Å². The maximum absolute atomic E-state index is 11.1. The van der Waals surface area contributed by atoms with E-state index >= 15 is 0 Å². The lowest BCUT2D eigenvalue weighted by molar-refractivity contribution is -0.383. The lowest BCUT2D eigenvalue weighted by Gasteiger charge is -2.13. The second-order valence-corrected chi connectivity index (χ2v) is 5.58. The third-order valence-electron chi connectivity index (χ3n) is 3.11. The van der Waals surface area contributed by atoms with E-state index in [1.807, 2.05) is 13.0 Å². The van der Waals surface area contributed by atoms with Gasteiger partial charge in [0.1, 0.15) is 5.69 Å². The van der Waals surface area contributed by atoms with Crippen molar-refractivity contribution >= 4 is 46.0 Å². The molecule has 0 spiro atoms. The first kappa shape index (κ1) is 16.2. The zero-order valence-corrected chi connectivity index (χ0v) is 13.6. The highest BCUT2D eigenvalue weighted by Gasteiger charge is 2.15. The number of hydrogen-bond acceptors (Lipinski definition) is 3. The number of hydrogen-bond donors (Lipinski definition) is 2. The van der Waals surface area contributed by atoms with Gasteiger partial charge in [-0.15, -0.1) is 0 Å². The maximum atomic E-state index is 11.1. The average Bonchev–Trinajstić information content (AvgIpc) is 2.45. The van der Waals surface area contributed by atoms with E-state index < -0.39 is 4.92 Å². The van der Waals surface area contributed by atoms with Gasteiger partial charge in [-0.25, -0.2) is 0 Å². The van der Waals surface area contributed by atoms with Gasteiger partial charge >= 0.3 is 0 Å². The predicted octanol–water partition coefficient (Wildman–Crippen LogP) is 4.67. The average molecular weight is 336 g/mol. The van der Waals surface area contributed by atoms with Crippen molar-refractivity contribution in [3.05, 3.63) is 62.7 Å². The van der Waals surface area contributed by atoms with Gasteiger partial charge in [-0.3, -0.25) is 10.1 Å². The van der Waals surface area contributed by atoms with Crippen LogP contribution >= 0.6 is 23.8 Å². The van der Waals surface area contributed by atoms with Crippen LogP contribution in [-0.4, -0.2) is 10.0 Å². The first-order chi connectivity index (χ1) is 10.4. The second kappa shape index (κ2) is 6.72. The minimum atomic E-state index is -0.442. The van der Waals surface area contributed by atoms with Crippen LogP contribution in [0.5, 0.6) is 0 Å². The fourth-order valence-electron chi connectivity index (χ4n) is 1.92. The molecule has 0 saturated carbocycles. The second-order valence-electron chi connectivity index (χ2n) is 4.77. The van der Waals surface area contributed by atoms with Crippen molar-refractivity contribution in [1.82, 2.24) is 0 Å². The summed E-state index contributed by atoms with van der Waals surface area (Å²) in [6, 6.07) is 10.3. The fourth-order valence-corrected chi connectivity index (χ4v) is 2.31. The van der Waals surface area contributed by atoms with Crippen LogP contribution in [0.25, 0.3) is 0 Å². The molecular formula is C15H14ClN3O2S. The molecule has 2 rings (SSSR count). The van der Waals surface area contributed by atoms with Crippen LogP contribution in [0, 0.1) is 24.0 Å². The third kappa shape index (κ3) is 3.72. The Morgan fingerprint density at radius 3 is 2.55 bits per heavy atom. The molecular weight excluding hydrogens is 322 g/mol. The molecule has 0 aliphatic heterocycles. The first-order valence-corrected chi connectivity index (χ1v) is 7.25. The lowest BCUT2D eigenvalue weighted by atomic mass is 10.2. The van der Waals surface area contributed by atoms with E-state index in [1.165, 1.54) is 6.07 Å². The molecule has 0 amide bonds. The number of rotatable bonds is 3. The van der Waals surface area contributed by atoms with Crippen molar-refractivity contribution in [2.24, 2.45) is 0 Å². The summed E-state index contributed by atoms with van der Waals surface area (Å²) in [6.45, 7) is 3.66. The maximum Gasteiger partial charge on any atom is 0.292 e. The first-order valence-electron chi connectivity index (χ1n) is 6.46. The molecule has 0 atom stereocenters. The predicted molar refractivity (Wildman–Crippen MR) is 93.9 cm³/mol. The van der Waals surface area contributed by atoms with E-state index in [0.717, 1.165) is 16.8 Å². The topological polar surface area (TPSA) is 67.2 Å². The molecule has 0 saturated heterocycles. The van der Waals surface area contributed by atoms with Crippen LogP contribution in [0.4, 0.5) is 17.1 Å². The summed E-state index contributed by atoms with van der Waals surface area (Å²) in [6.07, 6.45) is 0. The summed E-state index contributed by atoms with van der Waals surface area (Å²) in [7, 11) is 0. The Morgan fingerprint density at radius 2 is 1.86 bits per heavy atom. The van der Waals surface area contributed by atoms with Gasteiger partial charge in [0, 0.05) is 16.8 Å². The van der Waals surface area contributed by atoms with Crippen molar-refractivity contribution in [1.29, 1.82) is 0 Å². The third-order valence-corrected chi connectivity index (χ3v) is 3.73. The molecule has 2 N–H and O–H groups in total. The number of nitro benzene ring substituents is 1. The van der Waals surface area contributed by atoms with Gasteiger partial charge in [-0.05, 0) is 55.4 Å². The Labute approximate surface area is 138 Å². The zero-order chi connectivity index (χ0) is 16.3. The highest BCUT2D eigenvalue weighted by molar-refractivity contribution is 7.80. The Morgan fingerprint density at radius 1 is 1.18 bits per heavy atom. The molecule has 0 aliphatic rings. The Balaban J connectivity index is 2.19. The summed E-state index contributed by atoms with van der Waals surface area (Å²) >= 11 is 11.3. The van der Waals surface area contributed by atoms with Crippen LogP contribution in [0.3, 0.4) is 0 Å². The van der Waals surface area contributed by atoms with E-state index in [4.69, 9.17) is 23.8 Å². The van der Waals surface area contributed by atoms with Gasteiger partial charge in [0.15, 0.2) is 5.11 Å². The molecule has 0 heterocycles. The smallest absolute Gasteiger partial charge is 0.292 e. The van der Waals surface area contributed by atoms with Crippen molar-refractivity contribution in [2.45, 2.75) is 13.8 Å². The van der Waals surface area contributed by atoms with E-state index in [-0.39, 0.29) is 10.8 Å². The summed E-state index contributed by atoms with van der Waals surface area (Å²) in [5, 5.41) is 17.8. The minimum Gasteiger partial charge on any atom is -0.332 e. The standard InChI is InChI=1S/C15H14ClN3O2S/c1-9-6-7-13(14(8-9)19(20)21)18-15(22)17-12-5-3-4-11(16)10(12)2/h3-8H,1-2H3,(H2,17,18,22). The van der Waals surface area contributed by atoms with Crippen molar-refractivity contribution in [2.75, 3.05) is 10.6 Å². The van der Waals surface area contributed by atoms with Crippen LogP contribution in [0.15, 0.2) is 36.4 Å². The van der Waals surface area contributed by atoms with Crippen molar-refractivity contribution < 1.29 is 4.92 Å². The summed E-state index contributed by atoms with van der Waals surface area (Å²) < 4.78 is 0. The molecule has 0 unspecified atom stereocenters. The molecule has 0 bridgehead atoms. The summed E-state index contributed by atoms with van der Waals surface area (Å²) in [5.74, 6) is 0. The number of nitrogens with one attached hydrogen (secondary N) is 2. The van der Waals surface area contributed by atoms with Gasteiger partial charge in [-0.2, -0.15) is 0 Å². The molecule has 22 heavy (non-hydrogen) atoms. The number of thiocarbonyl (C=S) groups is 1. The van der Waals surface area contributed by atoms with Gasteiger partial charge in [0.2, 0.25) is 0 Å². The molecule has 114 valence electrons. The molecule has 2 aromatic rings. The van der Waals surface area contributed by atoms with Gasteiger partial charge in [-0.1, -0.05) is 23.7 Å². The number of halogens is 1. The van der Waals surface area contributed by atoms with Crippen LogP contribution in [-0.2, 0) is 0 Å². The van der Waals surface area contributed by atoms with Gasteiger partial charge in [0.25, 0.3) is 5.69 Å². The van der Waals surface area contributed by atoms with Crippen molar-refractivity contribution in [3.63, 3.8) is 0 Å². The van der Waals surface area contributed by atoms with Gasteiger partial charge < -0.3 is 10.6 Å². The Hall–Kier alpha value is -2.18. The number of benzene rings is 2. The van der Waals surface area contributed by atoms with Crippen molar-refractivity contribution in [3.8, 4) is 0 Å². The number of aryl methyl sites for hydroxylation is 1. The molecule has 5 nitrogen and oxygen atoms in total. The summed E-state index contributed by atoms with van der Waals surface area (Å²) in [5.41, 5.74) is 2.73. The number of anilines is 2. The molecule has 0 fully saturated rings. The SMILES string of the molecule is Cc1ccc(NC(=S)Nc2cccc(Cl)c2C)c([N+](=O)[O-])c1. The molecule has 0 aliphatic carbocycles. The summed E-state index contributed by atoms with van der Waals surface area (Å²) in [4.78, 5) is 10.7. The largest absolute Gasteiger partial charge is 0.332 e. The van der Waals surface area contributed by atoms with Gasteiger partial charge in [0.05, 0.1) is 4.92 Å². The minimum absolute atomic E-state index is 0.0213. The van der Waals surface area contributed by atoms with E-state index in [9.17, 15) is 10.1 Å². The van der Waals surface area contributed by atoms with Crippen LogP contribution in [0.1, 0.15) is 11.1 Å². The van der Waals surface area contributed by atoms with E-state index in [1.54, 1.807) is 31.2 Å². The molecule has 7 heteroatoms. The highest BCUT2D eigenvalue weighted by Crippen LogP contribution is 2.26. The molecule has 2 aromatic carbocycles. The zero-order valence-electron chi connectivity index (χ0n) is 12.0. The lowest BCUT2D eigenvalue weighted by Crippen LogP contribution is -2.20. The highest BCUT2D eigenvalue weighted by atomic mass is 35.5. The fraction of sp³-hybridized carbons (Fsp3) is 0.133. The van der Waals surface area contributed by atoms with Crippen LogP contribution < -0.4 is 10.6 Å². The van der Waals surface area contributed by atoms with E-state index in [2.05, 4.69) is 10.6 Å². The number of nitro groups is 1. The molecule has 0 aromatic heterocycles. The monoisotopic (exact) mass is 335 g/mol. The normalized spacial score (nSPS) is 10.1. The quantitative estimate of drug-likeness (QED) is 0.484. The Kier molecular flexibility index (Phi) is 4.95. The molecule has 0 radical (unpaired) electrons. The van der Waals surface area contributed by atoms with E-state index in [0.29, 0.717) is 10.7 Å².